The summed E-state index contributed by atoms with van der Waals surface area (Å²) < 4.78 is 5.54. The Kier molecular flexibility index (Phi) is 7.72. The minimum absolute atomic E-state index is 0.0627. The number of carboxylic acids is 1. The zero-order valence-electron chi connectivity index (χ0n) is 19.2. The zero-order chi connectivity index (χ0) is 24.8. The monoisotopic (exact) mass is 490 g/mol. The molecule has 0 heterocycles. The molecule has 35 heavy (non-hydrogen) atoms. The smallest absolute Gasteiger partial charge is 0.407 e. The Morgan fingerprint density at radius 3 is 2.17 bits per heavy atom. The molecule has 8 heteroatoms. The van der Waals surface area contributed by atoms with Crippen molar-refractivity contribution in [1.29, 1.82) is 0 Å². The van der Waals surface area contributed by atoms with E-state index in [1.165, 1.54) is 11.8 Å². The number of carboxylic acid groups (broad SMARTS) is 1. The van der Waals surface area contributed by atoms with Gasteiger partial charge >= 0.3 is 12.1 Å². The molecule has 0 saturated carbocycles. The normalized spacial score (nSPS) is 12.8. The molecule has 0 spiro atoms. The lowest BCUT2D eigenvalue weighted by atomic mass is 9.98. The molecule has 2 amide bonds. The number of rotatable bonds is 9. The highest BCUT2D eigenvalue weighted by atomic mass is 32.2. The maximum atomic E-state index is 12.9. The van der Waals surface area contributed by atoms with Gasteiger partial charge in [-0.2, -0.15) is 0 Å². The van der Waals surface area contributed by atoms with Crippen molar-refractivity contribution in [2.45, 2.75) is 29.7 Å². The van der Waals surface area contributed by atoms with E-state index in [9.17, 15) is 14.4 Å². The molecule has 1 aliphatic carbocycles. The first-order chi connectivity index (χ1) is 17.0. The summed E-state index contributed by atoms with van der Waals surface area (Å²) in [6, 6.07) is 22.2. The molecule has 3 aromatic carbocycles. The van der Waals surface area contributed by atoms with Gasteiger partial charge in [-0.1, -0.05) is 60.7 Å². The first kappa shape index (κ1) is 24.3. The molecular formula is C27H26N2O5S. The molecule has 1 unspecified atom stereocenters. The molecular weight excluding hydrogens is 464 g/mol. The Hall–Kier alpha value is -3.78. The van der Waals surface area contributed by atoms with Crippen LogP contribution in [0.3, 0.4) is 0 Å². The van der Waals surface area contributed by atoms with Gasteiger partial charge in [-0.3, -0.25) is 9.59 Å². The predicted molar refractivity (Wildman–Crippen MR) is 136 cm³/mol. The van der Waals surface area contributed by atoms with Crippen molar-refractivity contribution >= 4 is 35.4 Å². The Labute approximate surface area is 207 Å². The van der Waals surface area contributed by atoms with Crippen LogP contribution >= 0.6 is 11.8 Å². The molecule has 1 atom stereocenters. The lowest BCUT2D eigenvalue weighted by molar-refractivity contribution is -0.137. The number of carbonyl (C=O) groups excluding carboxylic acids is 2. The molecule has 3 N–H and O–H groups in total. The van der Waals surface area contributed by atoms with Gasteiger partial charge in [-0.15, -0.1) is 11.8 Å². The third-order valence-corrected chi connectivity index (χ3v) is 6.76. The number of fused-ring (bicyclic) bond motifs is 3. The summed E-state index contributed by atoms with van der Waals surface area (Å²) in [4.78, 5) is 37.6. The van der Waals surface area contributed by atoms with Crippen molar-refractivity contribution in [2.75, 3.05) is 18.2 Å². The highest BCUT2D eigenvalue weighted by Gasteiger charge is 2.30. The molecule has 0 aromatic heterocycles. The number of ether oxygens (including phenoxy) is 1. The maximum absolute atomic E-state index is 12.9. The number of para-hydroxylation sites is 1. The maximum Gasteiger partial charge on any atom is 0.407 e. The topological polar surface area (TPSA) is 105 Å². The van der Waals surface area contributed by atoms with Gasteiger partial charge in [-0.25, -0.2) is 4.79 Å². The first-order valence-corrected chi connectivity index (χ1v) is 12.5. The van der Waals surface area contributed by atoms with Crippen LogP contribution in [0.2, 0.25) is 0 Å². The predicted octanol–water partition coefficient (Wildman–Crippen LogP) is 5.12. The SMILES string of the molecule is CSc1ccccc1NC(=O)C(CCC(=O)O)NC(=O)OCC1c2ccccc2-c2ccccc21. The van der Waals surface area contributed by atoms with Crippen LogP contribution in [0.25, 0.3) is 11.1 Å². The van der Waals surface area contributed by atoms with Gasteiger partial charge in [0.25, 0.3) is 0 Å². The van der Waals surface area contributed by atoms with Crippen molar-refractivity contribution < 1.29 is 24.2 Å². The van der Waals surface area contributed by atoms with Crippen LogP contribution in [-0.4, -0.2) is 42.0 Å². The van der Waals surface area contributed by atoms with Gasteiger partial charge in [0.2, 0.25) is 5.91 Å². The van der Waals surface area contributed by atoms with Gasteiger partial charge in [0, 0.05) is 17.2 Å². The van der Waals surface area contributed by atoms with E-state index in [2.05, 4.69) is 10.6 Å². The third kappa shape index (κ3) is 5.66. The van der Waals surface area contributed by atoms with Crippen molar-refractivity contribution in [3.8, 4) is 11.1 Å². The fourth-order valence-electron chi connectivity index (χ4n) is 4.29. The van der Waals surface area contributed by atoms with Crippen LogP contribution in [0.5, 0.6) is 0 Å². The molecule has 7 nitrogen and oxygen atoms in total. The van der Waals surface area contributed by atoms with E-state index in [1.54, 1.807) is 12.1 Å². The number of benzene rings is 3. The van der Waals surface area contributed by atoms with Gasteiger partial charge in [0.1, 0.15) is 12.6 Å². The molecule has 0 radical (unpaired) electrons. The standard InChI is InChI=1S/C27H26N2O5S/c1-35-24-13-7-6-12-22(24)28-26(32)23(14-15-25(30)31)29-27(33)34-16-21-19-10-4-2-8-17(19)18-9-3-5-11-20(18)21/h2-13,21,23H,14-16H2,1H3,(H,28,32)(H,29,33)(H,30,31). The van der Waals surface area contributed by atoms with Gasteiger partial charge in [-0.05, 0) is 47.1 Å². The second-order valence-corrected chi connectivity index (χ2v) is 8.99. The minimum Gasteiger partial charge on any atom is -0.481 e. The van der Waals surface area contributed by atoms with E-state index in [4.69, 9.17) is 9.84 Å². The number of anilines is 1. The zero-order valence-corrected chi connectivity index (χ0v) is 20.0. The van der Waals surface area contributed by atoms with E-state index in [-0.39, 0.29) is 25.4 Å². The minimum atomic E-state index is -1.06. The van der Waals surface area contributed by atoms with E-state index in [1.807, 2.05) is 66.9 Å². The number of thioether (sulfide) groups is 1. The van der Waals surface area contributed by atoms with Crippen LogP contribution in [0.4, 0.5) is 10.5 Å². The van der Waals surface area contributed by atoms with Crippen molar-refractivity contribution in [3.05, 3.63) is 83.9 Å². The van der Waals surface area contributed by atoms with Crippen molar-refractivity contribution in [2.24, 2.45) is 0 Å². The van der Waals surface area contributed by atoms with E-state index in [0.717, 1.165) is 27.1 Å². The summed E-state index contributed by atoms with van der Waals surface area (Å²) in [6.07, 6.45) is 0.788. The second kappa shape index (κ2) is 11.1. The molecule has 1 aliphatic rings. The number of carbonyl (C=O) groups is 3. The number of nitrogens with one attached hydrogen (secondary N) is 2. The number of amides is 2. The summed E-state index contributed by atoms with van der Waals surface area (Å²) in [7, 11) is 0. The van der Waals surface area contributed by atoms with E-state index >= 15 is 0 Å². The average Bonchev–Trinajstić information content (AvgIpc) is 3.19. The van der Waals surface area contributed by atoms with Gasteiger partial charge < -0.3 is 20.5 Å². The number of alkyl carbamates (subject to hydrolysis) is 1. The van der Waals surface area contributed by atoms with Crippen LogP contribution in [-0.2, 0) is 14.3 Å². The Bertz CT molecular complexity index is 1200. The molecule has 0 bridgehead atoms. The fraction of sp³-hybridized carbons (Fsp3) is 0.222. The molecule has 0 fully saturated rings. The third-order valence-electron chi connectivity index (χ3n) is 5.96. The fourth-order valence-corrected chi connectivity index (χ4v) is 4.84. The lowest BCUT2D eigenvalue weighted by Crippen LogP contribution is -2.44. The van der Waals surface area contributed by atoms with Crippen molar-refractivity contribution in [1.82, 2.24) is 5.32 Å². The summed E-state index contributed by atoms with van der Waals surface area (Å²) in [6.45, 7) is 0.0996. The number of aliphatic carboxylic acids is 1. The Balaban J connectivity index is 1.44. The Morgan fingerprint density at radius 1 is 0.943 bits per heavy atom. The van der Waals surface area contributed by atoms with Gasteiger partial charge in [0.05, 0.1) is 5.69 Å². The lowest BCUT2D eigenvalue weighted by Gasteiger charge is -2.20. The van der Waals surface area contributed by atoms with Gasteiger partial charge in [0.15, 0.2) is 0 Å². The van der Waals surface area contributed by atoms with E-state index in [0.29, 0.717) is 5.69 Å². The van der Waals surface area contributed by atoms with Crippen LogP contribution in [0.15, 0.2) is 77.7 Å². The van der Waals surface area contributed by atoms with Crippen molar-refractivity contribution in [3.63, 3.8) is 0 Å². The van der Waals surface area contributed by atoms with E-state index < -0.39 is 24.0 Å². The summed E-state index contributed by atoms with van der Waals surface area (Å²) in [5, 5.41) is 14.5. The highest BCUT2D eigenvalue weighted by molar-refractivity contribution is 7.98. The average molecular weight is 491 g/mol. The molecule has 4 rings (SSSR count). The summed E-state index contributed by atoms with van der Waals surface area (Å²) in [5.74, 6) is -1.67. The second-order valence-electron chi connectivity index (χ2n) is 8.14. The van der Waals surface area contributed by atoms with Crippen LogP contribution in [0.1, 0.15) is 29.9 Å². The molecule has 0 aliphatic heterocycles. The molecule has 180 valence electrons. The first-order valence-electron chi connectivity index (χ1n) is 11.2. The summed E-state index contributed by atoms with van der Waals surface area (Å²) >= 11 is 1.47. The number of hydrogen-bond acceptors (Lipinski definition) is 5. The Morgan fingerprint density at radius 2 is 1.54 bits per heavy atom. The summed E-state index contributed by atoms with van der Waals surface area (Å²) in [5.41, 5.74) is 4.98. The molecule has 0 saturated heterocycles. The highest BCUT2D eigenvalue weighted by Crippen LogP contribution is 2.44. The van der Waals surface area contributed by atoms with Crippen LogP contribution < -0.4 is 10.6 Å². The quantitative estimate of drug-likeness (QED) is 0.360. The largest absolute Gasteiger partial charge is 0.481 e. The number of hydrogen-bond donors (Lipinski definition) is 3. The molecule has 3 aromatic rings. The van der Waals surface area contributed by atoms with Crippen LogP contribution in [0, 0.1) is 0 Å².